The first kappa shape index (κ1) is 13.3. The number of halogens is 2. The molecule has 94 valence electrons. The zero-order valence-electron chi connectivity index (χ0n) is 10.3. The van der Waals surface area contributed by atoms with E-state index < -0.39 is 0 Å². The minimum Gasteiger partial charge on any atom is -0.356 e. The Labute approximate surface area is 120 Å². The average Bonchev–Trinajstić information content (AvgIpc) is 2.28. The number of rotatable bonds is 2. The lowest BCUT2D eigenvalue weighted by molar-refractivity contribution is 0.335. The Kier molecular flexibility index (Phi) is 4.47. The molecule has 2 atom stereocenters. The van der Waals surface area contributed by atoms with Crippen LogP contribution in [0.5, 0.6) is 0 Å². The van der Waals surface area contributed by atoms with Crippen LogP contribution in [0.25, 0.3) is 0 Å². The van der Waals surface area contributed by atoms with E-state index in [0.29, 0.717) is 6.04 Å². The molecule has 17 heavy (non-hydrogen) atoms. The van der Waals surface area contributed by atoms with Gasteiger partial charge in [-0.05, 0) is 56.7 Å². The first-order valence-corrected chi connectivity index (χ1v) is 7.70. The normalized spacial score (nSPS) is 24.7. The minimum absolute atomic E-state index is 0.628. The zero-order chi connectivity index (χ0) is 12.4. The van der Waals surface area contributed by atoms with Crippen LogP contribution < -0.4 is 4.90 Å². The monoisotopic (exact) mass is 360 g/mol. The fourth-order valence-corrected chi connectivity index (χ4v) is 3.86. The molecule has 0 radical (unpaired) electrons. The van der Waals surface area contributed by atoms with Crippen molar-refractivity contribution in [2.24, 2.45) is 5.92 Å². The van der Waals surface area contributed by atoms with Crippen LogP contribution in [0.15, 0.2) is 21.2 Å². The lowest BCUT2D eigenvalue weighted by atomic mass is 9.86. The number of nitrogens with zero attached hydrogens (tertiary/aromatic N) is 2. The number of hydrogen-bond donors (Lipinski definition) is 0. The van der Waals surface area contributed by atoms with Crippen molar-refractivity contribution in [1.29, 1.82) is 0 Å². The van der Waals surface area contributed by atoms with Gasteiger partial charge in [-0.2, -0.15) is 0 Å². The van der Waals surface area contributed by atoms with Gasteiger partial charge in [0, 0.05) is 23.8 Å². The van der Waals surface area contributed by atoms with Gasteiger partial charge in [0.1, 0.15) is 5.82 Å². The van der Waals surface area contributed by atoms with Gasteiger partial charge in [0.05, 0.1) is 4.47 Å². The third-order valence-electron chi connectivity index (χ3n) is 3.58. The van der Waals surface area contributed by atoms with Crippen LogP contribution in [0.1, 0.15) is 32.6 Å². The Morgan fingerprint density at radius 3 is 2.76 bits per heavy atom. The molecule has 1 aromatic rings. The standard InChI is InChI=1S/C13H18Br2N2/c1-9-4-3-5-11(6-9)17(2)13-12(15)7-10(14)8-16-13/h7-9,11H,3-6H2,1-2H3. The Morgan fingerprint density at radius 2 is 2.12 bits per heavy atom. The summed E-state index contributed by atoms with van der Waals surface area (Å²) in [4.78, 5) is 6.84. The Hall–Kier alpha value is -0.0900. The first-order chi connectivity index (χ1) is 8.08. The summed E-state index contributed by atoms with van der Waals surface area (Å²) in [5.41, 5.74) is 0. The van der Waals surface area contributed by atoms with E-state index in [-0.39, 0.29) is 0 Å². The summed E-state index contributed by atoms with van der Waals surface area (Å²) in [6.07, 6.45) is 7.14. The summed E-state index contributed by atoms with van der Waals surface area (Å²) in [6, 6.07) is 2.69. The van der Waals surface area contributed by atoms with Crippen molar-refractivity contribution in [3.8, 4) is 0 Å². The summed E-state index contributed by atoms with van der Waals surface area (Å²) in [7, 11) is 2.16. The van der Waals surface area contributed by atoms with Crippen molar-refractivity contribution in [3.05, 3.63) is 21.2 Å². The van der Waals surface area contributed by atoms with Crippen molar-refractivity contribution in [2.45, 2.75) is 38.6 Å². The molecule has 1 fully saturated rings. The molecule has 1 aliphatic carbocycles. The highest BCUT2D eigenvalue weighted by molar-refractivity contribution is 9.11. The third-order valence-corrected chi connectivity index (χ3v) is 4.60. The van der Waals surface area contributed by atoms with Crippen molar-refractivity contribution >= 4 is 37.7 Å². The van der Waals surface area contributed by atoms with Gasteiger partial charge < -0.3 is 4.90 Å². The molecule has 1 aromatic heterocycles. The lowest BCUT2D eigenvalue weighted by Gasteiger charge is -2.35. The smallest absolute Gasteiger partial charge is 0.142 e. The van der Waals surface area contributed by atoms with E-state index in [4.69, 9.17) is 0 Å². The summed E-state index contributed by atoms with van der Waals surface area (Å²) < 4.78 is 2.08. The first-order valence-electron chi connectivity index (χ1n) is 6.12. The largest absolute Gasteiger partial charge is 0.356 e. The average molecular weight is 362 g/mol. The molecule has 0 amide bonds. The Morgan fingerprint density at radius 1 is 1.35 bits per heavy atom. The van der Waals surface area contributed by atoms with Crippen molar-refractivity contribution in [1.82, 2.24) is 4.98 Å². The fourth-order valence-electron chi connectivity index (χ4n) is 2.59. The molecule has 2 rings (SSSR count). The maximum atomic E-state index is 4.51. The molecule has 4 heteroatoms. The second-order valence-corrected chi connectivity index (χ2v) is 6.77. The van der Waals surface area contributed by atoms with Gasteiger partial charge in [-0.3, -0.25) is 0 Å². The predicted octanol–water partition coefficient (Wildman–Crippen LogP) is 4.62. The molecule has 0 saturated heterocycles. The maximum Gasteiger partial charge on any atom is 0.142 e. The topological polar surface area (TPSA) is 16.1 Å². The molecule has 0 spiro atoms. The predicted molar refractivity (Wildman–Crippen MR) is 79.5 cm³/mol. The number of pyridine rings is 1. The second kappa shape index (κ2) is 5.70. The summed E-state index contributed by atoms with van der Waals surface area (Å²) in [5, 5.41) is 0. The van der Waals surface area contributed by atoms with Crippen molar-refractivity contribution in [2.75, 3.05) is 11.9 Å². The van der Waals surface area contributed by atoms with E-state index in [1.807, 2.05) is 6.20 Å². The van der Waals surface area contributed by atoms with Crippen LogP contribution >= 0.6 is 31.9 Å². The number of anilines is 1. The number of hydrogen-bond acceptors (Lipinski definition) is 2. The van der Waals surface area contributed by atoms with Crippen LogP contribution in [0.3, 0.4) is 0 Å². The molecule has 0 aromatic carbocycles. The quantitative estimate of drug-likeness (QED) is 0.763. The van der Waals surface area contributed by atoms with Crippen LogP contribution in [-0.2, 0) is 0 Å². The van der Waals surface area contributed by atoms with Crippen LogP contribution in [0.4, 0.5) is 5.82 Å². The van der Waals surface area contributed by atoms with Gasteiger partial charge in [0.15, 0.2) is 0 Å². The van der Waals surface area contributed by atoms with Crippen molar-refractivity contribution in [3.63, 3.8) is 0 Å². The highest BCUT2D eigenvalue weighted by Gasteiger charge is 2.24. The van der Waals surface area contributed by atoms with E-state index in [9.17, 15) is 0 Å². The lowest BCUT2D eigenvalue weighted by Crippen LogP contribution is -2.36. The van der Waals surface area contributed by atoms with E-state index in [1.165, 1.54) is 25.7 Å². The van der Waals surface area contributed by atoms with Crippen LogP contribution in [0.2, 0.25) is 0 Å². The number of aromatic nitrogens is 1. The van der Waals surface area contributed by atoms with Crippen LogP contribution in [-0.4, -0.2) is 18.1 Å². The molecule has 0 aliphatic heterocycles. The molecular formula is C13H18Br2N2. The Bertz CT molecular complexity index is 395. The third kappa shape index (κ3) is 3.22. The second-order valence-electron chi connectivity index (χ2n) is 5.00. The molecular weight excluding hydrogens is 344 g/mol. The van der Waals surface area contributed by atoms with Crippen molar-refractivity contribution < 1.29 is 0 Å². The van der Waals surface area contributed by atoms with Gasteiger partial charge >= 0.3 is 0 Å². The molecule has 1 aliphatic rings. The van der Waals surface area contributed by atoms with Crippen LogP contribution in [0, 0.1) is 5.92 Å². The highest BCUT2D eigenvalue weighted by atomic mass is 79.9. The summed E-state index contributed by atoms with van der Waals surface area (Å²) >= 11 is 7.04. The van der Waals surface area contributed by atoms with Gasteiger partial charge in [-0.1, -0.05) is 19.8 Å². The molecule has 1 heterocycles. The summed E-state index contributed by atoms with van der Waals surface area (Å²) in [6.45, 7) is 2.35. The van der Waals surface area contributed by atoms with Gasteiger partial charge in [-0.25, -0.2) is 4.98 Å². The van der Waals surface area contributed by atoms with Gasteiger partial charge in [-0.15, -0.1) is 0 Å². The van der Waals surface area contributed by atoms with Gasteiger partial charge in [0.25, 0.3) is 0 Å². The molecule has 2 nitrogen and oxygen atoms in total. The molecule has 2 unspecified atom stereocenters. The maximum absolute atomic E-state index is 4.51. The van der Waals surface area contributed by atoms with E-state index >= 15 is 0 Å². The SMILES string of the molecule is CC1CCCC(N(C)c2ncc(Br)cc2Br)C1. The fraction of sp³-hybridized carbons (Fsp3) is 0.615. The van der Waals surface area contributed by atoms with Gasteiger partial charge in [0.2, 0.25) is 0 Å². The van der Waals surface area contributed by atoms with E-state index in [2.05, 4.69) is 61.8 Å². The highest BCUT2D eigenvalue weighted by Crippen LogP contribution is 2.32. The molecule has 0 N–H and O–H groups in total. The Balaban J connectivity index is 2.15. The summed E-state index contributed by atoms with van der Waals surface area (Å²) in [5.74, 6) is 1.89. The molecule has 0 bridgehead atoms. The molecule has 1 saturated carbocycles. The van der Waals surface area contributed by atoms with E-state index in [0.717, 1.165) is 20.7 Å². The van der Waals surface area contributed by atoms with E-state index in [1.54, 1.807) is 0 Å². The zero-order valence-corrected chi connectivity index (χ0v) is 13.5. The minimum atomic E-state index is 0.628.